The first-order valence-corrected chi connectivity index (χ1v) is 10.4. The van der Waals surface area contributed by atoms with E-state index < -0.39 is 18.2 Å². The molecule has 164 valence electrons. The lowest BCUT2D eigenvalue weighted by molar-refractivity contribution is -0.139. The molecule has 2 aromatic rings. The maximum absolute atomic E-state index is 13.1. The van der Waals surface area contributed by atoms with E-state index in [2.05, 4.69) is 20.4 Å². The Labute approximate surface area is 182 Å². The van der Waals surface area contributed by atoms with Gasteiger partial charge in [-0.3, -0.25) is 9.59 Å². The van der Waals surface area contributed by atoms with E-state index in [0.29, 0.717) is 25.2 Å². The molecule has 1 saturated heterocycles. The van der Waals surface area contributed by atoms with Gasteiger partial charge in [-0.2, -0.15) is 0 Å². The average molecular weight is 425 g/mol. The molecule has 8 heteroatoms. The van der Waals surface area contributed by atoms with Crippen LogP contribution in [0.3, 0.4) is 0 Å². The smallest absolute Gasteiger partial charge is 0.407 e. The molecular formula is C23H28N4O4. The molecule has 1 fully saturated rings. The van der Waals surface area contributed by atoms with Crippen molar-refractivity contribution in [1.82, 2.24) is 15.2 Å². The minimum atomic E-state index is -0.760. The van der Waals surface area contributed by atoms with Crippen LogP contribution in [0.5, 0.6) is 0 Å². The van der Waals surface area contributed by atoms with Crippen LogP contribution in [0.15, 0.2) is 48.7 Å². The molecule has 1 aliphatic heterocycles. The van der Waals surface area contributed by atoms with Crippen molar-refractivity contribution in [3.63, 3.8) is 0 Å². The number of hydrogen-bond donors (Lipinski definition) is 2. The summed E-state index contributed by atoms with van der Waals surface area (Å²) in [6.45, 7) is 4.13. The summed E-state index contributed by atoms with van der Waals surface area (Å²) in [4.78, 5) is 43.5. The number of likely N-dealkylation sites (tertiary alicyclic amines) is 1. The van der Waals surface area contributed by atoms with Crippen LogP contribution in [0.1, 0.15) is 26.7 Å². The summed E-state index contributed by atoms with van der Waals surface area (Å²) >= 11 is 0. The summed E-state index contributed by atoms with van der Waals surface area (Å²) in [5, 5.41) is 5.39. The fourth-order valence-electron chi connectivity index (χ4n) is 3.66. The Balaban J connectivity index is 1.68. The number of carbonyl (C=O) groups excluding carboxylic acids is 3. The summed E-state index contributed by atoms with van der Waals surface area (Å²) in [6, 6.07) is 12.1. The highest BCUT2D eigenvalue weighted by atomic mass is 16.5. The van der Waals surface area contributed by atoms with E-state index in [0.717, 1.165) is 11.1 Å². The van der Waals surface area contributed by atoms with E-state index in [1.807, 2.05) is 50.2 Å². The van der Waals surface area contributed by atoms with Crippen LogP contribution in [0, 0.1) is 5.92 Å². The number of rotatable bonds is 6. The summed E-state index contributed by atoms with van der Waals surface area (Å²) in [7, 11) is 1.25. The molecule has 1 aliphatic rings. The van der Waals surface area contributed by atoms with E-state index in [1.165, 1.54) is 12.0 Å². The number of pyridine rings is 1. The third-order valence-electron chi connectivity index (χ3n) is 5.35. The minimum Gasteiger partial charge on any atom is -0.453 e. The van der Waals surface area contributed by atoms with Gasteiger partial charge in [-0.25, -0.2) is 9.78 Å². The second-order valence-electron chi connectivity index (χ2n) is 7.83. The third kappa shape index (κ3) is 5.39. The lowest BCUT2D eigenvalue weighted by Crippen LogP contribution is -2.54. The maximum atomic E-state index is 13.1. The fourth-order valence-corrected chi connectivity index (χ4v) is 3.66. The zero-order valence-electron chi connectivity index (χ0n) is 18.0. The molecule has 3 amide bonds. The first-order chi connectivity index (χ1) is 14.9. The number of anilines is 1. The lowest BCUT2D eigenvalue weighted by atomic mass is 10.0. The summed E-state index contributed by atoms with van der Waals surface area (Å²) in [6.07, 6.45) is 2.31. The zero-order valence-corrected chi connectivity index (χ0v) is 18.0. The highest BCUT2D eigenvalue weighted by Crippen LogP contribution is 2.23. The number of ether oxygens (including phenoxy) is 1. The van der Waals surface area contributed by atoms with Gasteiger partial charge in [0, 0.05) is 18.3 Å². The Hall–Kier alpha value is -3.42. The minimum absolute atomic E-state index is 0.150. The number of nitrogens with zero attached hydrogens (tertiary/aromatic N) is 2. The number of carbonyl (C=O) groups is 3. The molecule has 0 radical (unpaired) electrons. The molecule has 1 aromatic heterocycles. The second kappa shape index (κ2) is 10.1. The monoisotopic (exact) mass is 424 g/mol. The number of methoxy groups -OCH3 is 1. The van der Waals surface area contributed by atoms with Gasteiger partial charge in [-0.15, -0.1) is 0 Å². The van der Waals surface area contributed by atoms with Crippen molar-refractivity contribution in [1.29, 1.82) is 0 Å². The number of amides is 3. The molecule has 2 atom stereocenters. The van der Waals surface area contributed by atoms with Gasteiger partial charge >= 0.3 is 6.09 Å². The number of alkyl carbamates (subject to hydrolysis) is 1. The molecule has 2 heterocycles. The molecule has 8 nitrogen and oxygen atoms in total. The Bertz CT molecular complexity index is 915. The largest absolute Gasteiger partial charge is 0.453 e. The highest BCUT2D eigenvalue weighted by molar-refractivity contribution is 5.98. The van der Waals surface area contributed by atoms with Gasteiger partial charge in [0.25, 0.3) is 0 Å². The van der Waals surface area contributed by atoms with Gasteiger partial charge < -0.3 is 20.3 Å². The molecule has 1 aromatic carbocycles. The topological polar surface area (TPSA) is 101 Å². The van der Waals surface area contributed by atoms with E-state index >= 15 is 0 Å². The van der Waals surface area contributed by atoms with Crippen molar-refractivity contribution in [3.05, 3.63) is 48.7 Å². The number of hydrogen-bond acceptors (Lipinski definition) is 5. The van der Waals surface area contributed by atoms with Crippen LogP contribution in [0.2, 0.25) is 0 Å². The molecule has 0 aliphatic carbocycles. The number of aromatic nitrogens is 1. The van der Waals surface area contributed by atoms with Crippen molar-refractivity contribution in [3.8, 4) is 11.1 Å². The van der Waals surface area contributed by atoms with Gasteiger partial charge in [-0.05, 0) is 36.5 Å². The molecule has 2 N–H and O–H groups in total. The third-order valence-corrected chi connectivity index (χ3v) is 5.35. The van der Waals surface area contributed by atoms with Crippen LogP contribution < -0.4 is 10.6 Å². The van der Waals surface area contributed by atoms with Crippen molar-refractivity contribution in [2.24, 2.45) is 5.92 Å². The quantitative estimate of drug-likeness (QED) is 0.742. The van der Waals surface area contributed by atoms with Gasteiger partial charge in [0.15, 0.2) is 0 Å². The number of nitrogens with one attached hydrogen (secondary N) is 2. The molecule has 3 rings (SSSR count). The van der Waals surface area contributed by atoms with Gasteiger partial charge in [0.05, 0.1) is 7.11 Å². The van der Waals surface area contributed by atoms with Crippen LogP contribution >= 0.6 is 0 Å². The molecule has 31 heavy (non-hydrogen) atoms. The Morgan fingerprint density at radius 2 is 1.84 bits per heavy atom. The summed E-state index contributed by atoms with van der Waals surface area (Å²) in [5.41, 5.74) is 1.99. The Kier molecular flexibility index (Phi) is 7.23. The van der Waals surface area contributed by atoms with Crippen molar-refractivity contribution < 1.29 is 19.1 Å². The molecule has 0 saturated carbocycles. The summed E-state index contributed by atoms with van der Waals surface area (Å²) < 4.78 is 4.63. The first kappa shape index (κ1) is 22.3. The van der Waals surface area contributed by atoms with Gasteiger partial charge in [0.1, 0.15) is 17.9 Å². The van der Waals surface area contributed by atoms with Crippen molar-refractivity contribution in [2.75, 3.05) is 19.0 Å². The molecular weight excluding hydrogens is 396 g/mol. The van der Waals surface area contributed by atoms with Crippen LogP contribution in [0.4, 0.5) is 10.6 Å². The maximum Gasteiger partial charge on any atom is 0.407 e. The van der Waals surface area contributed by atoms with Crippen molar-refractivity contribution in [2.45, 2.75) is 38.8 Å². The van der Waals surface area contributed by atoms with E-state index in [-0.39, 0.29) is 17.7 Å². The van der Waals surface area contributed by atoms with Crippen molar-refractivity contribution >= 4 is 23.7 Å². The van der Waals surface area contributed by atoms with Crippen LogP contribution in [-0.2, 0) is 14.3 Å². The van der Waals surface area contributed by atoms with E-state index in [1.54, 1.807) is 12.3 Å². The highest BCUT2D eigenvalue weighted by Gasteiger charge is 2.38. The normalized spacial score (nSPS) is 16.6. The van der Waals surface area contributed by atoms with E-state index in [9.17, 15) is 14.4 Å². The molecule has 0 spiro atoms. The van der Waals surface area contributed by atoms with Crippen LogP contribution in [0.25, 0.3) is 11.1 Å². The zero-order chi connectivity index (χ0) is 22.4. The molecule has 0 bridgehead atoms. The average Bonchev–Trinajstić information content (AvgIpc) is 3.28. The second-order valence-corrected chi connectivity index (χ2v) is 7.83. The van der Waals surface area contributed by atoms with Gasteiger partial charge in [0.2, 0.25) is 11.8 Å². The predicted molar refractivity (Wildman–Crippen MR) is 117 cm³/mol. The standard InChI is InChI=1S/C23H28N4O4/c1-15(2)20(26-23(30)31-3)22(29)27-13-7-10-18(27)21(28)25-19-12-11-17(14-24-19)16-8-5-4-6-9-16/h4-6,8-9,11-12,14-15,18,20H,7,10,13H2,1-3H3,(H,26,30)(H,24,25,28)/t18-,20-/m0/s1. The Morgan fingerprint density at radius 3 is 2.45 bits per heavy atom. The predicted octanol–water partition coefficient (Wildman–Crippen LogP) is 3.06. The summed E-state index contributed by atoms with van der Waals surface area (Å²) in [5.74, 6) is -0.294. The molecule has 0 unspecified atom stereocenters. The first-order valence-electron chi connectivity index (χ1n) is 10.4. The van der Waals surface area contributed by atoms with E-state index in [4.69, 9.17) is 0 Å². The van der Waals surface area contributed by atoms with Crippen LogP contribution in [-0.4, -0.2) is 53.5 Å². The number of benzene rings is 1. The Morgan fingerprint density at radius 1 is 1.10 bits per heavy atom. The lowest BCUT2D eigenvalue weighted by Gasteiger charge is -2.30. The fraction of sp³-hybridized carbons (Fsp3) is 0.391. The van der Waals surface area contributed by atoms with Gasteiger partial charge in [-0.1, -0.05) is 44.2 Å². The SMILES string of the molecule is COC(=O)N[C@H](C(=O)N1CCC[C@H]1C(=O)Nc1ccc(-c2ccccc2)cn1)C(C)C.